The molecule has 0 amide bonds. The molecule has 1 aliphatic carbocycles. The number of hydrogen-bond acceptors (Lipinski definition) is 3. The Labute approximate surface area is 199 Å². The first-order valence-electron chi connectivity index (χ1n) is 11.9. The standard InChI is InChI=1S/C29H28FN3O/c1-19-3-5-21(6-4-19)18-33-14-13-26-27(33)16-24(22-9-7-20(17-31)8-10-22)29(32-26)23-11-12-28(34-2)25(30)15-23/h7-16,19,21H,3-6,18H2,1-2H3. The summed E-state index contributed by atoms with van der Waals surface area (Å²) in [6.45, 7) is 3.33. The number of rotatable bonds is 5. The third kappa shape index (κ3) is 4.28. The first kappa shape index (κ1) is 22.2. The molecular weight excluding hydrogens is 425 g/mol. The van der Waals surface area contributed by atoms with E-state index >= 15 is 0 Å². The van der Waals surface area contributed by atoms with E-state index in [2.05, 4.69) is 29.8 Å². The number of fused-ring (bicyclic) bond motifs is 1. The molecule has 172 valence electrons. The average Bonchev–Trinajstić information content (AvgIpc) is 3.26. The Kier molecular flexibility index (Phi) is 6.06. The number of ether oxygens (including phenoxy) is 1. The van der Waals surface area contributed by atoms with E-state index in [1.54, 1.807) is 18.2 Å². The molecule has 0 atom stereocenters. The van der Waals surface area contributed by atoms with E-state index < -0.39 is 5.82 Å². The summed E-state index contributed by atoms with van der Waals surface area (Å²) >= 11 is 0. The molecule has 0 aliphatic heterocycles. The van der Waals surface area contributed by atoms with Gasteiger partial charge in [-0.15, -0.1) is 0 Å². The van der Waals surface area contributed by atoms with Gasteiger partial charge in [-0.2, -0.15) is 5.26 Å². The van der Waals surface area contributed by atoms with Crippen LogP contribution in [0.1, 0.15) is 38.2 Å². The van der Waals surface area contributed by atoms with Crippen LogP contribution in [-0.4, -0.2) is 16.7 Å². The van der Waals surface area contributed by atoms with Crippen molar-refractivity contribution in [3.8, 4) is 34.2 Å². The maximum Gasteiger partial charge on any atom is 0.165 e. The second-order valence-corrected chi connectivity index (χ2v) is 9.42. The fourth-order valence-electron chi connectivity index (χ4n) is 5.04. The molecule has 1 saturated carbocycles. The van der Waals surface area contributed by atoms with Crippen molar-refractivity contribution in [2.75, 3.05) is 7.11 Å². The molecule has 1 fully saturated rings. The lowest BCUT2D eigenvalue weighted by Gasteiger charge is -2.26. The summed E-state index contributed by atoms with van der Waals surface area (Å²) in [5, 5.41) is 9.21. The normalized spacial score (nSPS) is 18.1. The van der Waals surface area contributed by atoms with Gasteiger partial charge in [0.05, 0.1) is 35.5 Å². The van der Waals surface area contributed by atoms with Crippen molar-refractivity contribution >= 4 is 11.0 Å². The number of nitrogens with zero attached hydrogens (tertiary/aromatic N) is 3. The SMILES string of the molecule is COc1ccc(-c2nc3ccn(CC4CCC(C)CC4)c3cc2-c2ccc(C#N)cc2)cc1F. The number of halogens is 1. The summed E-state index contributed by atoms with van der Waals surface area (Å²) < 4.78 is 22.0. The van der Waals surface area contributed by atoms with Crippen LogP contribution in [-0.2, 0) is 6.54 Å². The highest BCUT2D eigenvalue weighted by Crippen LogP contribution is 2.36. The van der Waals surface area contributed by atoms with Crippen LogP contribution in [0, 0.1) is 29.0 Å². The van der Waals surface area contributed by atoms with Crippen LogP contribution in [0.5, 0.6) is 5.75 Å². The van der Waals surface area contributed by atoms with E-state index in [-0.39, 0.29) is 5.75 Å². The van der Waals surface area contributed by atoms with E-state index in [9.17, 15) is 9.65 Å². The lowest BCUT2D eigenvalue weighted by molar-refractivity contribution is 0.267. The number of benzene rings is 2. The predicted octanol–water partition coefficient (Wildman–Crippen LogP) is 7.22. The Balaban J connectivity index is 1.61. The third-order valence-corrected chi connectivity index (χ3v) is 7.09. The van der Waals surface area contributed by atoms with E-state index in [0.29, 0.717) is 22.7 Å². The Morgan fingerprint density at radius 3 is 2.44 bits per heavy atom. The maximum atomic E-state index is 14.6. The summed E-state index contributed by atoms with van der Waals surface area (Å²) in [7, 11) is 1.46. The molecular formula is C29H28FN3O. The van der Waals surface area contributed by atoms with E-state index in [1.165, 1.54) is 38.9 Å². The molecule has 0 saturated heterocycles. The molecule has 2 aromatic heterocycles. The number of nitriles is 1. The van der Waals surface area contributed by atoms with Crippen molar-refractivity contribution in [3.05, 3.63) is 72.2 Å². The third-order valence-electron chi connectivity index (χ3n) is 7.09. The quantitative estimate of drug-likeness (QED) is 0.321. The molecule has 0 bridgehead atoms. The van der Waals surface area contributed by atoms with Gasteiger partial charge in [0.15, 0.2) is 11.6 Å². The zero-order chi connectivity index (χ0) is 23.7. The van der Waals surface area contributed by atoms with Crippen molar-refractivity contribution < 1.29 is 9.13 Å². The zero-order valence-electron chi connectivity index (χ0n) is 19.6. The van der Waals surface area contributed by atoms with E-state index in [0.717, 1.165) is 34.6 Å². The maximum absolute atomic E-state index is 14.6. The molecule has 5 heteroatoms. The Bertz CT molecular complexity index is 1360. The minimum atomic E-state index is -0.420. The van der Waals surface area contributed by atoms with Crippen LogP contribution in [0.25, 0.3) is 33.4 Å². The van der Waals surface area contributed by atoms with Gasteiger partial charge in [-0.25, -0.2) is 9.37 Å². The molecule has 5 rings (SSSR count). The number of hydrogen-bond donors (Lipinski definition) is 0. The Morgan fingerprint density at radius 1 is 1.03 bits per heavy atom. The van der Waals surface area contributed by atoms with Crippen LogP contribution in [0.15, 0.2) is 60.8 Å². The topological polar surface area (TPSA) is 50.8 Å². The zero-order valence-corrected chi connectivity index (χ0v) is 19.6. The molecule has 2 heterocycles. The summed E-state index contributed by atoms with van der Waals surface area (Å²) in [5.41, 5.74) is 5.84. The van der Waals surface area contributed by atoms with Crippen molar-refractivity contribution in [3.63, 3.8) is 0 Å². The lowest BCUT2D eigenvalue weighted by Crippen LogP contribution is -2.17. The van der Waals surface area contributed by atoms with Gasteiger partial charge in [-0.3, -0.25) is 0 Å². The minimum Gasteiger partial charge on any atom is -0.494 e. The van der Waals surface area contributed by atoms with Gasteiger partial charge in [-0.05, 0) is 72.7 Å². The van der Waals surface area contributed by atoms with Crippen LogP contribution >= 0.6 is 0 Å². The van der Waals surface area contributed by atoms with Gasteiger partial charge in [0.2, 0.25) is 0 Å². The van der Waals surface area contributed by atoms with Crippen LogP contribution in [0.2, 0.25) is 0 Å². The summed E-state index contributed by atoms with van der Waals surface area (Å²) in [4.78, 5) is 4.99. The van der Waals surface area contributed by atoms with Gasteiger partial charge in [0.1, 0.15) is 0 Å². The molecule has 0 unspecified atom stereocenters. The van der Waals surface area contributed by atoms with Crippen molar-refractivity contribution in [1.82, 2.24) is 9.55 Å². The van der Waals surface area contributed by atoms with Crippen molar-refractivity contribution in [1.29, 1.82) is 5.26 Å². The molecule has 34 heavy (non-hydrogen) atoms. The second kappa shape index (κ2) is 9.30. The van der Waals surface area contributed by atoms with Gasteiger partial charge in [0, 0.05) is 23.9 Å². The second-order valence-electron chi connectivity index (χ2n) is 9.42. The fourth-order valence-corrected chi connectivity index (χ4v) is 5.04. The van der Waals surface area contributed by atoms with Gasteiger partial charge in [0.25, 0.3) is 0 Å². The molecule has 0 spiro atoms. The average molecular weight is 454 g/mol. The highest BCUT2D eigenvalue weighted by atomic mass is 19.1. The number of methoxy groups -OCH3 is 1. The molecule has 4 nitrogen and oxygen atoms in total. The first-order valence-corrected chi connectivity index (χ1v) is 11.9. The van der Waals surface area contributed by atoms with Crippen molar-refractivity contribution in [2.45, 2.75) is 39.2 Å². The lowest BCUT2D eigenvalue weighted by atomic mass is 9.83. The van der Waals surface area contributed by atoms with E-state index in [4.69, 9.17) is 9.72 Å². The fraction of sp³-hybridized carbons (Fsp3) is 0.310. The molecule has 1 aliphatic rings. The van der Waals surface area contributed by atoms with E-state index in [1.807, 2.05) is 24.3 Å². The number of aromatic nitrogens is 2. The molecule has 0 radical (unpaired) electrons. The Morgan fingerprint density at radius 2 is 1.76 bits per heavy atom. The van der Waals surface area contributed by atoms with Crippen molar-refractivity contribution in [2.24, 2.45) is 11.8 Å². The minimum absolute atomic E-state index is 0.206. The monoisotopic (exact) mass is 453 g/mol. The van der Waals surface area contributed by atoms with Crippen LogP contribution in [0.3, 0.4) is 0 Å². The van der Waals surface area contributed by atoms with Gasteiger partial charge < -0.3 is 9.30 Å². The largest absolute Gasteiger partial charge is 0.494 e. The molecule has 4 aromatic rings. The van der Waals surface area contributed by atoms with Gasteiger partial charge >= 0.3 is 0 Å². The number of pyridine rings is 1. The Hall–Kier alpha value is -3.65. The molecule has 2 aromatic carbocycles. The van der Waals surface area contributed by atoms with Gasteiger partial charge in [-0.1, -0.05) is 31.9 Å². The summed E-state index contributed by atoms with van der Waals surface area (Å²) in [5.74, 6) is 1.30. The predicted molar refractivity (Wildman–Crippen MR) is 133 cm³/mol. The highest BCUT2D eigenvalue weighted by molar-refractivity contribution is 5.90. The summed E-state index contributed by atoms with van der Waals surface area (Å²) in [6, 6.07) is 18.8. The first-order chi connectivity index (χ1) is 16.6. The van der Waals surface area contributed by atoms with Crippen LogP contribution < -0.4 is 4.74 Å². The highest BCUT2D eigenvalue weighted by Gasteiger charge is 2.20. The summed E-state index contributed by atoms with van der Waals surface area (Å²) in [6.07, 6.45) is 7.24. The molecule has 0 N–H and O–H groups in total. The smallest absolute Gasteiger partial charge is 0.165 e. The van der Waals surface area contributed by atoms with Crippen LogP contribution in [0.4, 0.5) is 4.39 Å².